The predicted octanol–water partition coefficient (Wildman–Crippen LogP) is 2.41. The molecule has 1 aromatic carbocycles. The fourth-order valence-corrected chi connectivity index (χ4v) is 2.80. The molecule has 2 rings (SSSR count). The van der Waals surface area contributed by atoms with Gasteiger partial charge in [0.05, 0.1) is 11.2 Å². The van der Waals surface area contributed by atoms with Crippen molar-refractivity contribution < 1.29 is 4.79 Å². The van der Waals surface area contributed by atoms with Gasteiger partial charge in [-0.1, -0.05) is 29.8 Å². The number of thiazole rings is 1. The summed E-state index contributed by atoms with van der Waals surface area (Å²) in [6, 6.07) is 7.84. The smallest absolute Gasteiger partial charge is 0.241 e. The monoisotopic (exact) mass is 303 g/mol. The zero-order valence-corrected chi connectivity index (χ0v) is 13.5. The molecule has 1 amide bonds. The number of nitrogens with zero attached hydrogens (tertiary/aromatic N) is 2. The van der Waals surface area contributed by atoms with E-state index in [0.29, 0.717) is 6.54 Å². The Bertz CT molecular complexity index is 564. The molecule has 0 radical (unpaired) electrons. The Labute approximate surface area is 129 Å². The maximum absolute atomic E-state index is 12.4. The van der Waals surface area contributed by atoms with Gasteiger partial charge in [-0.3, -0.25) is 9.69 Å². The average molecular weight is 303 g/mol. The number of benzene rings is 1. The van der Waals surface area contributed by atoms with Crippen LogP contribution in [0.4, 0.5) is 0 Å². The van der Waals surface area contributed by atoms with Crippen molar-refractivity contribution >= 4 is 17.2 Å². The lowest BCUT2D eigenvalue weighted by Crippen LogP contribution is -2.37. The first-order chi connectivity index (χ1) is 10.1. The summed E-state index contributed by atoms with van der Waals surface area (Å²) >= 11 is 1.58. The second-order valence-electron chi connectivity index (χ2n) is 5.30. The van der Waals surface area contributed by atoms with Gasteiger partial charge in [0.25, 0.3) is 0 Å². The molecule has 0 fully saturated rings. The van der Waals surface area contributed by atoms with Crippen LogP contribution in [-0.2, 0) is 11.2 Å². The van der Waals surface area contributed by atoms with Crippen molar-refractivity contribution in [2.75, 3.05) is 20.6 Å². The fourth-order valence-electron chi connectivity index (χ4n) is 2.20. The van der Waals surface area contributed by atoms with E-state index in [1.54, 1.807) is 11.3 Å². The number of hydrogen-bond donors (Lipinski definition) is 1. The van der Waals surface area contributed by atoms with Crippen LogP contribution in [0.15, 0.2) is 35.2 Å². The summed E-state index contributed by atoms with van der Waals surface area (Å²) in [7, 11) is 3.84. The third kappa shape index (κ3) is 4.37. The van der Waals surface area contributed by atoms with Crippen LogP contribution < -0.4 is 5.32 Å². The molecule has 0 aliphatic carbocycles. The highest BCUT2D eigenvalue weighted by Crippen LogP contribution is 2.19. The Kier molecular flexibility index (Phi) is 5.47. The minimum Gasteiger partial charge on any atom is -0.354 e. The third-order valence-electron chi connectivity index (χ3n) is 3.32. The van der Waals surface area contributed by atoms with Crippen LogP contribution in [0.1, 0.15) is 22.9 Å². The number of nitrogens with one attached hydrogen (secondary N) is 1. The van der Waals surface area contributed by atoms with Crippen LogP contribution in [0.2, 0.25) is 0 Å². The zero-order chi connectivity index (χ0) is 15.2. The third-order valence-corrected chi connectivity index (χ3v) is 3.96. The summed E-state index contributed by atoms with van der Waals surface area (Å²) < 4.78 is 0. The standard InChI is InChI=1S/C16H21N3OS/c1-12-4-6-13(7-5-12)15(19(2)3)16(20)17-9-8-14-10-21-11-18-14/h4-7,10-11,15H,8-9H2,1-3H3,(H,17,20)/t15-/m1/s1. The molecular formula is C16H21N3OS. The summed E-state index contributed by atoms with van der Waals surface area (Å²) in [4.78, 5) is 18.6. The van der Waals surface area contributed by atoms with Gasteiger partial charge in [-0.05, 0) is 26.6 Å². The lowest BCUT2D eigenvalue weighted by molar-refractivity contribution is -0.125. The molecule has 0 bridgehead atoms. The Morgan fingerprint density at radius 2 is 2.05 bits per heavy atom. The lowest BCUT2D eigenvalue weighted by atomic mass is 10.0. The maximum atomic E-state index is 12.4. The first-order valence-electron chi connectivity index (χ1n) is 6.95. The summed E-state index contributed by atoms with van der Waals surface area (Å²) in [6.45, 7) is 2.65. The number of carbonyl (C=O) groups is 1. The van der Waals surface area contributed by atoms with Crippen LogP contribution in [0.25, 0.3) is 0 Å². The van der Waals surface area contributed by atoms with Crippen molar-refractivity contribution in [2.45, 2.75) is 19.4 Å². The second kappa shape index (κ2) is 7.33. The van der Waals surface area contributed by atoms with Crippen LogP contribution in [0, 0.1) is 6.92 Å². The van der Waals surface area contributed by atoms with Gasteiger partial charge in [0, 0.05) is 18.3 Å². The van der Waals surface area contributed by atoms with Crippen LogP contribution >= 0.6 is 11.3 Å². The molecule has 2 aromatic rings. The molecule has 1 heterocycles. The second-order valence-corrected chi connectivity index (χ2v) is 6.02. The topological polar surface area (TPSA) is 45.2 Å². The van der Waals surface area contributed by atoms with E-state index in [1.807, 2.05) is 61.1 Å². The number of hydrogen-bond acceptors (Lipinski definition) is 4. The summed E-state index contributed by atoms with van der Waals surface area (Å²) in [5.74, 6) is 0.0269. The molecule has 0 aliphatic heterocycles. The SMILES string of the molecule is Cc1ccc([C@H](C(=O)NCCc2cscn2)N(C)C)cc1. The molecule has 112 valence electrons. The normalized spacial score (nSPS) is 12.4. The summed E-state index contributed by atoms with van der Waals surface area (Å²) in [5, 5.41) is 5.01. The van der Waals surface area contributed by atoms with Crippen molar-refractivity contribution in [3.63, 3.8) is 0 Å². The number of aromatic nitrogens is 1. The van der Waals surface area contributed by atoms with E-state index in [4.69, 9.17) is 0 Å². The van der Waals surface area contributed by atoms with Gasteiger partial charge in [0.1, 0.15) is 6.04 Å². The average Bonchev–Trinajstić information content (AvgIpc) is 2.94. The molecule has 4 nitrogen and oxygen atoms in total. The Morgan fingerprint density at radius 1 is 1.33 bits per heavy atom. The van der Waals surface area contributed by atoms with E-state index in [9.17, 15) is 4.79 Å². The van der Waals surface area contributed by atoms with E-state index in [2.05, 4.69) is 10.3 Å². The molecule has 0 saturated heterocycles. The maximum Gasteiger partial charge on any atom is 0.241 e. The molecular weight excluding hydrogens is 282 g/mol. The predicted molar refractivity (Wildman–Crippen MR) is 86.4 cm³/mol. The molecule has 0 saturated carbocycles. The van der Waals surface area contributed by atoms with Crippen LogP contribution in [0.5, 0.6) is 0 Å². The van der Waals surface area contributed by atoms with Gasteiger partial charge in [0.15, 0.2) is 0 Å². The molecule has 1 aromatic heterocycles. The minimum atomic E-state index is -0.263. The number of aryl methyl sites for hydroxylation is 1. The molecule has 0 unspecified atom stereocenters. The highest BCUT2D eigenvalue weighted by atomic mass is 32.1. The Balaban J connectivity index is 1.97. The minimum absolute atomic E-state index is 0.0269. The number of rotatable bonds is 6. The van der Waals surface area contributed by atoms with Crippen molar-refractivity contribution in [3.05, 3.63) is 52.0 Å². The first kappa shape index (κ1) is 15.7. The number of likely N-dealkylation sites (N-methyl/N-ethyl adjacent to an activating group) is 1. The molecule has 0 spiro atoms. The van der Waals surface area contributed by atoms with Crippen LogP contribution in [0.3, 0.4) is 0 Å². The quantitative estimate of drug-likeness (QED) is 0.891. The fraction of sp³-hybridized carbons (Fsp3) is 0.375. The number of carbonyl (C=O) groups excluding carboxylic acids is 1. The van der Waals surface area contributed by atoms with E-state index in [1.165, 1.54) is 5.56 Å². The zero-order valence-electron chi connectivity index (χ0n) is 12.7. The van der Waals surface area contributed by atoms with E-state index in [0.717, 1.165) is 17.7 Å². The van der Waals surface area contributed by atoms with Gasteiger partial charge < -0.3 is 5.32 Å². The lowest BCUT2D eigenvalue weighted by Gasteiger charge is -2.24. The largest absolute Gasteiger partial charge is 0.354 e. The van der Waals surface area contributed by atoms with Gasteiger partial charge in [0.2, 0.25) is 5.91 Å². The molecule has 1 N–H and O–H groups in total. The summed E-state index contributed by atoms with van der Waals surface area (Å²) in [5.41, 5.74) is 5.04. The van der Waals surface area contributed by atoms with Crippen molar-refractivity contribution in [1.29, 1.82) is 0 Å². The first-order valence-corrected chi connectivity index (χ1v) is 7.90. The van der Waals surface area contributed by atoms with E-state index < -0.39 is 0 Å². The van der Waals surface area contributed by atoms with Crippen LogP contribution in [-0.4, -0.2) is 36.4 Å². The Hall–Kier alpha value is -1.72. The number of amides is 1. The molecule has 21 heavy (non-hydrogen) atoms. The van der Waals surface area contributed by atoms with Gasteiger partial charge in [-0.15, -0.1) is 11.3 Å². The van der Waals surface area contributed by atoms with Gasteiger partial charge in [-0.2, -0.15) is 0 Å². The highest BCUT2D eigenvalue weighted by Gasteiger charge is 2.22. The van der Waals surface area contributed by atoms with Crippen molar-refractivity contribution in [2.24, 2.45) is 0 Å². The molecule has 0 aliphatic rings. The van der Waals surface area contributed by atoms with E-state index in [-0.39, 0.29) is 11.9 Å². The Morgan fingerprint density at radius 3 is 2.62 bits per heavy atom. The van der Waals surface area contributed by atoms with Gasteiger partial charge in [-0.25, -0.2) is 4.98 Å². The van der Waals surface area contributed by atoms with E-state index >= 15 is 0 Å². The molecule has 5 heteroatoms. The highest BCUT2D eigenvalue weighted by molar-refractivity contribution is 7.07. The summed E-state index contributed by atoms with van der Waals surface area (Å²) in [6.07, 6.45) is 0.767. The van der Waals surface area contributed by atoms with Crippen molar-refractivity contribution in [1.82, 2.24) is 15.2 Å². The van der Waals surface area contributed by atoms with Gasteiger partial charge >= 0.3 is 0 Å². The van der Waals surface area contributed by atoms with Crippen molar-refractivity contribution in [3.8, 4) is 0 Å². The molecule has 1 atom stereocenters.